The third kappa shape index (κ3) is 2.27. The Morgan fingerprint density at radius 1 is 1.26 bits per heavy atom. The molecule has 0 aliphatic carbocycles. The highest BCUT2D eigenvalue weighted by molar-refractivity contribution is 7.95. The minimum Gasteiger partial charge on any atom is -0.398 e. The summed E-state index contributed by atoms with van der Waals surface area (Å²) in [5.41, 5.74) is 8.00. The van der Waals surface area contributed by atoms with Crippen LogP contribution in [0.2, 0.25) is 0 Å². The van der Waals surface area contributed by atoms with E-state index in [1.807, 2.05) is 0 Å². The summed E-state index contributed by atoms with van der Waals surface area (Å²) in [7, 11) is -3.31. The van der Waals surface area contributed by atoms with Crippen molar-refractivity contribution in [2.75, 3.05) is 38.5 Å². The molecule has 1 saturated heterocycles. The Morgan fingerprint density at radius 2 is 2.00 bits per heavy atom. The second-order valence-electron chi connectivity index (χ2n) is 4.93. The van der Waals surface area contributed by atoms with Crippen LogP contribution in [0.25, 0.3) is 5.57 Å². The number of rotatable bonds is 2. The highest BCUT2D eigenvalue weighted by Gasteiger charge is 2.29. The van der Waals surface area contributed by atoms with E-state index in [4.69, 9.17) is 5.73 Å². The van der Waals surface area contributed by atoms with E-state index in [1.165, 1.54) is 5.41 Å². The van der Waals surface area contributed by atoms with Gasteiger partial charge in [0.2, 0.25) is 9.84 Å². The maximum Gasteiger partial charge on any atom is 0.200 e. The number of nitrogen functional groups attached to an aromatic ring is 1. The van der Waals surface area contributed by atoms with Crippen LogP contribution in [0, 0.1) is 0 Å². The fourth-order valence-corrected chi connectivity index (χ4v) is 4.16. The molecule has 0 unspecified atom stereocenters. The van der Waals surface area contributed by atoms with Gasteiger partial charge in [-0.05, 0) is 17.7 Å². The lowest BCUT2D eigenvalue weighted by Gasteiger charge is -2.27. The average Bonchev–Trinajstić information content (AvgIpc) is 2.63. The number of sulfone groups is 1. The maximum absolute atomic E-state index is 12.1. The Balaban J connectivity index is 1.95. The van der Waals surface area contributed by atoms with Gasteiger partial charge in [0.05, 0.1) is 4.90 Å². The third-order valence-corrected chi connectivity index (χ3v) is 5.14. The van der Waals surface area contributed by atoms with Gasteiger partial charge < -0.3 is 11.1 Å². The first-order valence-corrected chi connectivity index (χ1v) is 7.90. The molecule has 6 heteroatoms. The molecule has 102 valence electrons. The van der Waals surface area contributed by atoms with E-state index >= 15 is 0 Å². The van der Waals surface area contributed by atoms with Crippen molar-refractivity contribution in [2.45, 2.75) is 4.90 Å². The number of hydrogen-bond acceptors (Lipinski definition) is 5. The molecule has 1 fully saturated rings. The summed E-state index contributed by atoms with van der Waals surface area (Å²) in [6.45, 7) is 4.38. The van der Waals surface area contributed by atoms with Crippen molar-refractivity contribution >= 4 is 21.1 Å². The van der Waals surface area contributed by atoms with Crippen LogP contribution in [-0.2, 0) is 9.84 Å². The van der Waals surface area contributed by atoms with Crippen LogP contribution >= 0.6 is 0 Å². The quantitative estimate of drug-likeness (QED) is 0.762. The zero-order chi connectivity index (χ0) is 13.5. The molecule has 0 radical (unpaired) electrons. The van der Waals surface area contributed by atoms with Gasteiger partial charge in [-0.2, -0.15) is 0 Å². The topological polar surface area (TPSA) is 75.4 Å². The van der Waals surface area contributed by atoms with Gasteiger partial charge in [0, 0.05) is 49.4 Å². The number of hydrogen-bond donors (Lipinski definition) is 2. The molecule has 1 aromatic carbocycles. The summed E-state index contributed by atoms with van der Waals surface area (Å²) >= 11 is 0. The van der Waals surface area contributed by atoms with Crippen LogP contribution in [0.4, 0.5) is 5.69 Å². The van der Waals surface area contributed by atoms with Crippen LogP contribution in [-0.4, -0.2) is 46.0 Å². The van der Waals surface area contributed by atoms with Gasteiger partial charge in [-0.15, -0.1) is 0 Å². The number of benzene rings is 1. The average molecular weight is 279 g/mol. The van der Waals surface area contributed by atoms with E-state index < -0.39 is 9.84 Å². The first kappa shape index (κ1) is 12.7. The monoisotopic (exact) mass is 279 g/mol. The van der Waals surface area contributed by atoms with E-state index in [9.17, 15) is 8.42 Å². The van der Waals surface area contributed by atoms with Crippen molar-refractivity contribution in [3.8, 4) is 0 Å². The fourth-order valence-electron chi connectivity index (χ4n) is 2.67. The molecule has 3 N–H and O–H groups in total. The molecule has 3 rings (SSSR count). The number of nitrogens with two attached hydrogens (primary N) is 1. The molecule has 2 heterocycles. The molecule has 1 aromatic rings. The van der Waals surface area contributed by atoms with Crippen molar-refractivity contribution in [1.29, 1.82) is 0 Å². The molecule has 5 nitrogen and oxygen atoms in total. The lowest BCUT2D eigenvalue weighted by molar-refractivity contribution is 0.268. The standard InChI is InChI=1S/C13H17N3O2S/c14-11-2-1-3-12-13(11)10(9-19(12,17)18)8-16-6-4-15-5-7-16/h1-3,9,15H,4-8,14H2. The SMILES string of the molecule is Nc1cccc2c1C(CN1CCNCC1)=CS2(=O)=O. The summed E-state index contributed by atoms with van der Waals surface area (Å²) in [6.07, 6.45) is 0. The number of anilines is 1. The summed E-state index contributed by atoms with van der Waals surface area (Å²) in [5, 5.41) is 4.65. The molecule has 0 bridgehead atoms. The zero-order valence-corrected chi connectivity index (χ0v) is 11.4. The molecular weight excluding hydrogens is 262 g/mol. The Kier molecular flexibility index (Phi) is 3.08. The molecule has 0 amide bonds. The third-order valence-electron chi connectivity index (χ3n) is 3.59. The molecule has 0 aromatic heterocycles. The minimum absolute atomic E-state index is 0.345. The lowest BCUT2D eigenvalue weighted by atomic mass is 10.0. The number of nitrogens with one attached hydrogen (secondary N) is 1. The highest BCUT2D eigenvalue weighted by atomic mass is 32.2. The maximum atomic E-state index is 12.1. The van der Waals surface area contributed by atoms with E-state index in [-0.39, 0.29) is 0 Å². The number of fused-ring (bicyclic) bond motifs is 1. The number of piperazine rings is 1. The van der Waals surface area contributed by atoms with Gasteiger partial charge in [-0.1, -0.05) is 6.07 Å². The normalized spacial score (nSPS) is 22.0. The smallest absolute Gasteiger partial charge is 0.200 e. The molecule has 2 aliphatic heterocycles. The molecule has 2 aliphatic rings. The van der Waals surface area contributed by atoms with E-state index in [2.05, 4.69) is 10.2 Å². The van der Waals surface area contributed by atoms with Crippen molar-refractivity contribution < 1.29 is 8.42 Å². The van der Waals surface area contributed by atoms with Crippen LogP contribution in [0.3, 0.4) is 0 Å². The summed E-state index contributed by atoms with van der Waals surface area (Å²) < 4.78 is 24.2. The van der Waals surface area contributed by atoms with Crippen molar-refractivity contribution in [3.05, 3.63) is 29.2 Å². The Labute approximate surface area is 113 Å². The van der Waals surface area contributed by atoms with E-state index in [1.54, 1.807) is 18.2 Å². The predicted octanol–water partition coefficient (Wildman–Crippen LogP) is 0.302. The van der Waals surface area contributed by atoms with Gasteiger partial charge in [-0.3, -0.25) is 4.90 Å². The van der Waals surface area contributed by atoms with Gasteiger partial charge in [0.25, 0.3) is 0 Å². The van der Waals surface area contributed by atoms with Crippen molar-refractivity contribution in [2.24, 2.45) is 0 Å². The van der Waals surface area contributed by atoms with E-state index in [0.29, 0.717) is 22.7 Å². The molecule has 0 saturated carbocycles. The largest absolute Gasteiger partial charge is 0.398 e. The van der Waals surface area contributed by atoms with Gasteiger partial charge >= 0.3 is 0 Å². The van der Waals surface area contributed by atoms with Crippen LogP contribution < -0.4 is 11.1 Å². The zero-order valence-electron chi connectivity index (χ0n) is 10.6. The summed E-state index contributed by atoms with van der Waals surface area (Å²) in [5.74, 6) is 0. The van der Waals surface area contributed by atoms with Crippen molar-refractivity contribution in [1.82, 2.24) is 10.2 Å². The van der Waals surface area contributed by atoms with Gasteiger partial charge in [-0.25, -0.2) is 8.42 Å². The van der Waals surface area contributed by atoms with Gasteiger partial charge in [0.15, 0.2) is 0 Å². The van der Waals surface area contributed by atoms with Crippen LogP contribution in [0.1, 0.15) is 5.56 Å². The minimum atomic E-state index is -3.31. The molecule has 0 atom stereocenters. The van der Waals surface area contributed by atoms with E-state index in [0.717, 1.165) is 31.8 Å². The predicted molar refractivity (Wildman–Crippen MR) is 75.3 cm³/mol. The fraction of sp³-hybridized carbons (Fsp3) is 0.385. The first-order valence-electron chi connectivity index (χ1n) is 6.35. The lowest BCUT2D eigenvalue weighted by Crippen LogP contribution is -2.43. The highest BCUT2D eigenvalue weighted by Crippen LogP contribution is 2.37. The molecule has 19 heavy (non-hydrogen) atoms. The first-order chi connectivity index (χ1) is 9.08. The van der Waals surface area contributed by atoms with Crippen LogP contribution in [0.5, 0.6) is 0 Å². The van der Waals surface area contributed by atoms with Gasteiger partial charge in [0.1, 0.15) is 0 Å². The second-order valence-corrected chi connectivity index (χ2v) is 6.70. The molecular formula is C13H17N3O2S. The second kappa shape index (κ2) is 4.63. The van der Waals surface area contributed by atoms with Crippen molar-refractivity contribution in [3.63, 3.8) is 0 Å². The summed E-state index contributed by atoms with van der Waals surface area (Å²) in [4.78, 5) is 2.59. The Morgan fingerprint density at radius 3 is 2.74 bits per heavy atom. The molecule has 0 spiro atoms. The summed E-state index contributed by atoms with van der Waals surface area (Å²) in [6, 6.07) is 5.07. The van der Waals surface area contributed by atoms with Crippen LogP contribution in [0.15, 0.2) is 28.5 Å². The Hall–Kier alpha value is -1.37. The number of nitrogens with zero attached hydrogens (tertiary/aromatic N) is 1. The Bertz CT molecular complexity index is 631.